The quantitative estimate of drug-likeness (QED) is 0.892. The highest BCUT2D eigenvalue weighted by molar-refractivity contribution is 5.12. The summed E-state index contributed by atoms with van der Waals surface area (Å²) in [4.78, 5) is 7.06. The fourth-order valence-electron chi connectivity index (χ4n) is 3.00. The minimum Gasteiger partial charge on any atom is -0.326 e. The summed E-state index contributed by atoms with van der Waals surface area (Å²) in [5.41, 5.74) is 7.33. The van der Waals surface area contributed by atoms with E-state index in [0.717, 1.165) is 18.2 Å². The summed E-state index contributed by atoms with van der Waals surface area (Å²) >= 11 is 0. The summed E-state index contributed by atoms with van der Waals surface area (Å²) in [5, 5.41) is 0. The standard InChI is InChI=1S/C15H25N3/c1-11-7-8-12(2)18(10-11)15(13(3)16)14-6-4-5-9-17-14/h4-6,9,11-13,15H,7-8,10,16H2,1-3H3. The summed E-state index contributed by atoms with van der Waals surface area (Å²) in [6.45, 7) is 7.86. The van der Waals surface area contributed by atoms with E-state index in [1.54, 1.807) is 0 Å². The normalized spacial score (nSPS) is 28.9. The van der Waals surface area contributed by atoms with Crippen LogP contribution in [0.5, 0.6) is 0 Å². The van der Waals surface area contributed by atoms with Gasteiger partial charge in [-0.3, -0.25) is 9.88 Å². The zero-order chi connectivity index (χ0) is 13.1. The summed E-state index contributed by atoms with van der Waals surface area (Å²) in [5.74, 6) is 0.756. The van der Waals surface area contributed by atoms with E-state index in [1.165, 1.54) is 12.8 Å². The monoisotopic (exact) mass is 247 g/mol. The predicted octanol–water partition coefficient (Wildman–Crippen LogP) is 2.59. The summed E-state index contributed by atoms with van der Waals surface area (Å²) < 4.78 is 0. The van der Waals surface area contributed by atoms with Crippen LogP contribution in [0.3, 0.4) is 0 Å². The van der Waals surface area contributed by atoms with Gasteiger partial charge in [-0.05, 0) is 44.7 Å². The largest absolute Gasteiger partial charge is 0.326 e. The van der Waals surface area contributed by atoms with Crippen molar-refractivity contribution in [2.24, 2.45) is 11.7 Å². The Kier molecular flexibility index (Phi) is 4.36. The van der Waals surface area contributed by atoms with Gasteiger partial charge >= 0.3 is 0 Å². The van der Waals surface area contributed by atoms with E-state index in [9.17, 15) is 0 Å². The van der Waals surface area contributed by atoms with Gasteiger partial charge in [0.1, 0.15) is 0 Å². The van der Waals surface area contributed by atoms with Crippen LogP contribution in [0.15, 0.2) is 24.4 Å². The second-order valence-corrected chi connectivity index (χ2v) is 5.79. The highest BCUT2D eigenvalue weighted by atomic mass is 15.2. The van der Waals surface area contributed by atoms with Gasteiger partial charge < -0.3 is 5.73 Å². The van der Waals surface area contributed by atoms with Crippen molar-refractivity contribution in [2.75, 3.05) is 6.54 Å². The van der Waals surface area contributed by atoms with Crippen LogP contribution in [0, 0.1) is 5.92 Å². The van der Waals surface area contributed by atoms with E-state index >= 15 is 0 Å². The number of aromatic nitrogens is 1. The molecule has 0 spiro atoms. The van der Waals surface area contributed by atoms with E-state index in [1.807, 2.05) is 12.3 Å². The van der Waals surface area contributed by atoms with E-state index in [2.05, 4.69) is 42.8 Å². The maximum absolute atomic E-state index is 6.23. The molecule has 4 atom stereocenters. The summed E-state index contributed by atoms with van der Waals surface area (Å²) in [7, 11) is 0. The Morgan fingerprint density at radius 2 is 2.11 bits per heavy atom. The molecular formula is C15H25N3. The molecule has 0 radical (unpaired) electrons. The molecule has 0 saturated carbocycles. The Morgan fingerprint density at radius 3 is 2.72 bits per heavy atom. The Balaban J connectivity index is 2.24. The predicted molar refractivity (Wildman–Crippen MR) is 75.2 cm³/mol. The number of pyridine rings is 1. The maximum atomic E-state index is 6.23. The maximum Gasteiger partial charge on any atom is 0.0673 e. The van der Waals surface area contributed by atoms with Crippen molar-refractivity contribution in [2.45, 2.75) is 51.7 Å². The topological polar surface area (TPSA) is 42.2 Å². The Morgan fingerprint density at radius 1 is 1.33 bits per heavy atom. The number of piperidine rings is 1. The first-order valence-corrected chi connectivity index (χ1v) is 7.02. The van der Waals surface area contributed by atoms with Crippen molar-refractivity contribution in [3.05, 3.63) is 30.1 Å². The molecule has 1 aliphatic heterocycles. The molecule has 1 saturated heterocycles. The minimum atomic E-state index is 0.104. The zero-order valence-electron chi connectivity index (χ0n) is 11.7. The molecule has 4 unspecified atom stereocenters. The molecule has 1 aromatic rings. The van der Waals surface area contributed by atoms with Gasteiger partial charge in [0.25, 0.3) is 0 Å². The molecule has 2 N–H and O–H groups in total. The Labute approximate surface area is 110 Å². The molecule has 0 aliphatic carbocycles. The molecule has 1 aromatic heterocycles. The third-order valence-corrected chi connectivity index (χ3v) is 4.01. The zero-order valence-corrected chi connectivity index (χ0v) is 11.7. The van der Waals surface area contributed by atoms with Crippen LogP contribution in [0.25, 0.3) is 0 Å². The summed E-state index contributed by atoms with van der Waals surface area (Å²) in [6.07, 6.45) is 4.45. The highest BCUT2D eigenvalue weighted by Gasteiger charge is 2.32. The van der Waals surface area contributed by atoms with Gasteiger partial charge in [-0.2, -0.15) is 0 Å². The van der Waals surface area contributed by atoms with Gasteiger partial charge in [-0.1, -0.05) is 13.0 Å². The molecule has 2 rings (SSSR count). The van der Waals surface area contributed by atoms with Crippen LogP contribution in [0.2, 0.25) is 0 Å². The number of hydrogen-bond donors (Lipinski definition) is 1. The molecule has 0 bridgehead atoms. The van der Waals surface area contributed by atoms with Crippen molar-refractivity contribution in [3.8, 4) is 0 Å². The number of nitrogens with zero attached hydrogens (tertiary/aromatic N) is 2. The highest BCUT2D eigenvalue weighted by Crippen LogP contribution is 2.31. The molecule has 100 valence electrons. The van der Waals surface area contributed by atoms with E-state index in [4.69, 9.17) is 5.73 Å². The second kappa shape index (κ2) is 5.81. The lowest BCUT2D eigenvalue weighted by Gasteiger charge is -2.43. The number of rotatable bonds is 3. The van der Waals surface area contributed by atoms with Crippen molar-refractivity contribution >= 4 is 0 Å². The fraction of sp³-hybridized carbons (Fsp3) is 0.667. The first-order valence-electron chi connectivity index (χ1n) is 7.02. The molecular weight excluding hydrogens is 222 g/mol. The van der Waals surface area contributed by atoms with Crippen LogP contribution < -0.4 is 5.73 Å². The number of nitrogens with two attached hydrogens (primary N) is 1. The van der Waals surface area contributed by atoms with E-state index in [-0.39, 0.29) is 12.1 Å². The van der Waals surface area contributed by atoms with Gasteiger partial charge in [0, 0.05) is 24.8 Å². The van der Waals surface area contributed by atoms with Crippen molar-refractivity contribution < 1.29 is 0 Å². The van der Waals surface area contributed by atoms with Crippen LogP contribution >= 0.6 is 0 Å². The molecule has 18 heavy (non-hydrogen) atoms. The first kappa shape index (κ1) is 13.5. The fourth-order valence-corrected chi connectivity index (χ4v) is 3.00. The number of likely N-dealkylation sites (tertiary alicyclic amines) is 1. The second-order valence-electron chi connectivity index (χ2n) is 5.79. The van der Waals surface area contributed by atoms with Crippen molar-refractivity contribution in [1.29, 1.82) is 0 Å². The van der Waals surface area contributed by atoms with Gasteiger partial charge in [0.2, 0.25) is 0 Å². The van der Waals surface area contributed by atoms with E-state index < -0.39 is 0 Å². The third kappa shape index (κ3) is 2.90. The lowest BCUT2D eigenvalue weighted by Crippen LogP contribution is -2.48. The third-order valence-electron chi connectivity index (χ3n) is 4.01. The lowest BCUT2D eigenvalue weighted by atomic mass is 9.91. The van der Waals surface area contributed by atoms with Crippen molar-refractivity contribution in [1.82, 2.24) is 9.88 Å². The van der Waals surface area contributed by atoms with Crippen LogP contribution in [0.1, 0.15) is 45.3 Å². The van der Waals surface area contributed by atoms with Crippen LogP contribution in [-0.4, -0.2) is 28.5 Å². The molecule has 0 aromatic carbocycles. The van der Waals surface area contributed by atoms with Gasteiger partial charge in [-0.15, -0.1) is 0 Å². The van der Waals surface area contributed by atoms with E-state index in [0.29, 0.717) is 6.04 Å². The van der Waals surface area contributed by atoms with Gasteiger partial charge in [-0.25, -0.2) is 0 Å². The first-order chi connectivity index (χ1) is 8.59. The molecule has 3 nitrogen and oxygen atoms in total. The minimum absolute atomic E-state index is 0.104. The Hall–Kier alpha value is -0.930. The molecule has 2 heterocycles. The lowest BCUT2D eigenvalue weighted by molar-refractivity contribution is 0.0640. The number of hydrogen-bond acceptors (Lipinski definition) is 3. The van der Waals surface area contributed by atoms with Gasteiger partial charge in [0.15, 0.2) is 0 Å². The summed E-state index contributed by atoms with van der Waals surface area (Å²) in [6, 6.07) is 7.05. The average Bonchev–Trinajstić information content (AvgIpc) is 2.35. The Bertz CT molecular complexity index is 363. The van der Waals surface area contributed by atoms with Crippen LogP contribution in [0.4, 0.5) is 0 Å². The smallest absolute Gasteiger partial charge is 0.0673 e. The average molecular weight is 247 g/mol. The SMILES string of the molecule is CC1CCC(C)N(C(c2ccccn2)C(C)N)C1. The molecule has 0 amide bonds. The van der Waals surface area contributed by atoms with Gasteiger partial charge in [0.05, 0.1) is 11.7 Å². The molecule has 3 heteroatoms. The molecule has 1 aliphatic rings. The molecule has 1 fully saturated rings. The van der Waals surface area contributed by atoms with Crippen LogP contribution in [-0.2, 0) is 0 Å². The van der Waals surface area contributed by atoms with Crippen molar-refractivity contribution in [3.63, 3.8) is 0 Å².